The van der Waals surface area contributed by atoms with Gasteiger partial charge in [-0.1, -0.05) is 13.3 Å². The number of carbonyl (C=O) groups is 2. The Morgan fingerprint density at radius 1 is 1.24 bits per heavy atom. The molecule has 1 aromatic heterocycles. The van der Waals surface area contributed by atoms with E-state index < -0.39 is 6.16 Å². The SMILES string of the molecule is CC[C@H]1C[C@H]2C[C@H]3c4c(c5cc(OC(=O)OC)ccc5n4C(=O)NCCN(C)C)CCN(C2)C13. The van der Waals surface area contributed by atoms with E-state index in [0.717, 1.165) is 36.8 Å². The van der Waals surface area contributed by atoms with E-state index in [-0.39, 0.29) is 6.03 Å². The number of amides is 1. The minimum Gasteiger partial charge on any atom is -0.437 e. The van der Waals surface area contributed by atoms with Gasteiger partial charge in [-0.15, -0.1) is 0 Å². The van der Waals surface area contributed by atoms with Crippen molar-refractivity contribution in [2.24, 2.45) is 11.8 Å². The van der Waals surface area contributed by atoms with Crippen molar-refractivity contribution in [1.82, 2.24) is 19.7 Å². The number of piperidine rings is 2. The van der Waals surface area contributed by atoms with Crippen molar-refractivity contribution in [2.75, 3.05) is 47.4 Å². The fraction of sp³-hybridized carbons (Fsp3) is 0.615. The van der Waals surface area contributed by atoms with Crippen LogP contribution in [0.2, 0.25) is 0 Å². The Hall–Kier alpha value is -2.58. The Bertz CT molecular complexity index is 1090. The van der Waals surface area contributed by atoms with E-state index in [9.17, 15) is 9.59 Å². The Morgan fingerprint density at radius 3 is 2.79 bits per heavy atom. The summed E-state index contributed by atoms with van der Waals surface area (Å²) < 4.78 is 12.0. The van der Waals surface area contributed by atoms with Gasteiger partial charge < -0.3 is 19.7 Å². The first-order valence-electron chi connectivity index (χ1n) is 12.5. The highest BCUT2D eigenvalue weighted by Crippen LogP contribution is 2.52. The second-order valence-electron chi connectivity index (χ2n) is 10.3. The summed E-state index contributed by atoms with van der Waals surface area (Å²) in [6.07, 6.45) is 3.77. The van der Waals surface area contributed by atoms with Crippen molar-refractivity contribution in [3.05, 3.63) is 29.5 Å². The lowest BCUT2D eigenvalue weighted by atomic mass is 9.65. The van der Waals surface area contributed by atoms with E-state index in [2.05, 4.69) is 26.8 Å². The van der Waals surface area contributed by atoms with Gasteiger partial charge in [-0.05, 0) is 69.0 Å². The number of carbonyl (C=O) groups excluding carboxylic acids is 2. The van der Waals surface area contributed by atoms with Crippen molar-refractivity contribution in [3.8, 4) is 5.75 Å². The van der Waals surface area contributed by atoms with Crippen LogP contribution in [0.4, 0.5) is 9.59 Å². The third kappa shape index (κ3) is 3.96. The van der Waals surface area contributed by atoms with Gasteiger partial charge in [0, 0.05) is 49.2 Å². The number of aromatic nitrogens is 1. The normalized spacial score (nSPS) is 27.4. The molecular weight excluding hydrogens is 432 g/mol. The molecule has 0 spiro atoms. The molecule has 4 bridgehead atoms. The van der Waals surface area contributed by atoms with Gasteiger partial charge in [0.25, 0.3) is 0 Å². The predicted molar refractivity (Wildman–Crippen MR) is 131 cm³/mol. The quantitative estimate of drug-likeness (QED) is 0.533. The van der Waals surface area contributed by atoms with Crippen LogP contribution in [-0.4, -0.2) is 80.0 Å². The van der Waals surface area contributed by atoms with E-state index in [4.69, 9.17) is 4.74 Å². The van der Waals surface area contributed by atoms with Crippen molar-refractivity contribution < 1.29 is 19.1 Å². The molecule has 1 aromatic carbocycles. The van der Waals surface area contributed by atoms with Crippen LogP contribution >= 0.6 is 0 Å². The highest BCUT2D eigenvalue weighted by Gasteiger charge is 2.49. The minimum atomic E-state index is -0.739. The number of hydrogen-bond donors (Lipinski definition) is 1. The van der Waals surface area contributed by atoms with Gasteiger partial charge >= 0.3 is 12.2 Å². The molecule has 8 nitrogen and oxygen atoms in total. The largest absolute Gasteiger partial charge is 0.513 e. The summed E-state index contributed by atoms with van der Waals surface area (Å²) in [6.45, 7) is 5.85. The van der Waals surface area contributed by atoms with Crippen LogP contribution in [0.25, 0.3) is 10.9 Å². The monoisotopic (exact) mass is 468 g/mol. The first kappa shape index (κ1) is 23.2. The van der Waals surface area contributed by atoms with Crippen molar-refractivity contribution >= 4 is 23.1 Å². The van der Waals surface area contributed by atoms with Gasteiger partial charge in [-0.25, -0.2) is 9.59 Å². The molecule has 5 atom stereocenters. The maximum atomic E-state index is 13.6. The lowest BCUT2D eigenvalue weighted by molar-refractivity contribution is -0.0138. The fourth-order valence-corrected chi connectivity index (χ4v) is 6.72. The molecule has 6 rings (SSSR count). The summed E-state index contributed by atoms with van der Waals surface area (Å²) in [5.74, 6) is 2.14. The first-order chi connectivity index (χ1) is 16.4. The number of ether oxygens (including phenoxy) is 2. The summed E-state index contributed by atoms with van der Waals surface area (Å²) in [6, 6.07) is 5.96. The summed E-state index contributed by atoms with van der Waals surface area (Å²) in [5.41, 5.74) is 3.28. The Labute approximate surface area is 201 Å². The van der Waals surface area contributed by atoms with Crippen LogP contribution < -0.4 is 10.1 Å². The predicted octanol–water partition coefficient (Wildman–Crippen LogP) is 3.67. The highest BCUT2D eigenvalue weighted by atomic mass is 16.7. The third-order valence-corrected chi connectivity index (χ3v) is 8.05. The summed E-state index contributed by atoms with van der Waals surface area (Å²) in [5, 5.41) is 4.14. The number of nitrogens with one attached hydrogen (secondary N) is 1. The molecule has 2 unspecified atom stereocenters. The highest BCUT2D eigenvalue weighted by molar-refractivity contribution is 5.96. The molecule has 1 N–H and O–H groups in total. The van der Waals surface area contributed by atoms with Crippen LogP contribution in [0.3, 0.4) is 0 Å². The molecule has 2 aromatic rings. The average molecular weight is 469 g/mol. The molecule has 34 heavy (non-hydrogen) atoms. The number of benzene rings is 1. The van der Waals surface area contributed by atoms with Gasteiger partial charge in [0.2, 0.25) is 0 Å². The Balaban J connectivity index is 1.62. The van der Waals surface area contributed by atoms with Gasteiger partial charge in [-0.2, -0.15) is 0 Å². The molecule has 2 saturated heterocycles. The maximum absolute atomic E-state index is 13.6. The van der Waals surface area contributed by atoms with Crippen LogP contribution in [0.15, 0.2) is 18.2 Å². The molecule has 1 aliphatic carbocycles. The summed E-state index contributed by atoms with van der Waals surface area (Å²) >= 11 is 0. The smallest absolute Gasteiger partial charge is 0.437 e. The number of rotatable bonds is 5. The van der Waals surface area contributed by atoms with Gasteiger partial charge in [0.05, 0.1) is 12.6 Å². The van der Waals surface area contributed by atoms with Gasteiger partial charge in [0.1, 0.15) is 5.75 Å². The third-order valence-electron chi connectivity index (χ3n) is 8.05. The van der Waals surface area contributed by atoms with E-state index in [1.807, 2.05) is 30.8 Å². The van der Waals surface area contributed by atoms with E-state index in [0.29, 0.717) is 36.1 Å². The lowest BCUT2D eigenvalue weighted by Gasteiger charge is -2.53. The minimum absolute atomic E-state index is 0.0716. The summed E-state index contributed by atoms with van der Waals surface area (Å²) in [7, 11) is 5.31. The van der Waals surface area contributed by atoms with Crippen LogP contribution in [0.1, 0.15) is 43.4 Å². The second-order valence-corrected chi connectivity index (χ2v) is 10.3. The standard InChI is InChI=1S/C26H36N4O4/c1-5-17-12-16-13-21-23(17)29(15-16)10-8-19-20-14-18(34-26(32)33-4)6-7-22(20)30(24(19)21)25(31)27-9-11-28(2)3/h6-7,14,16-17,21,23H,5,8-13,15H2,1-4H3,(H,27,31)/t16-,17-,21+,23?/m0/s1. The van der Waals surface area contributed by atoms with Gasteiger partial charge in [-0.3, -0.25) is 9.47 Å². The first-order valence-corrected chi connectivity index (χ1v) is 12.5. The molecule has 4 aliphatic rings. The number of nitrogens with zero attached hydrogens (tertiary/aromatic N) is 3. The number of likely N-dealkylation sites (N-methyl/N-ethyl adjacent to an activating group) is 1. The van der Waals surface area contributed by atoms with Crippen LogP contribution in [0.5, 0.6) is 5.75 Å². The van der Waals surface area contributed by atoms with Crippen molar-refractivity contribution in [1.29, 1.82) is 0 Å². The molecule has 3 aliphatic heterocycles. The van der Waals surface area contributed by atoms with E-state index >= 15 is 0 Å². The molecular formula is C26H36N4O4. The Kier molecular flexibility index (Phi) is 6.29. The molecule has 0 radical (unpaired) electrons. The summed E-state index contributed by atoms with van der Waals surface area (Å²) in [4.78, 5) is 30.1. The lowest BCUT2D eigenvalue weighted by Crippen LogP contribution is -2.56. The van der Waals surface area contributed by atoms with E-state index in [1.165, 1.54) is 37.8 Å². The molecule has 1 amide bonds. The van der Waals surface area contributed by atoms with E-state index in [1.54, 1.807) is 6.07 Å². The molecule has 184 valence electrons. The Morgan fingerprint density at radius 2 is 2.06 bits per heavy atom. The number of methoxy groups -OCH3 is 1. The number of hydrogen-bond acceptors (Lipinski definition) is 6. The molecule has 3 fully saturated rings. The molecule has 1 saturated carbocycles. The average Bonchev–Trinajstić information content (AvgIpc) is 3.09. The zero-order valence-corrected chi connectivity index (χ0v) is 20.7. The zero-order valence-electron chi connectivity index (χ0n) is 20.7. The van der Waals surface area contributed by atoms with Crippen molar-refractivity contribution in [2.45, 2.75) is 44.6 Å². The van der Waals surface area contributed by atoms with Gasteiger partial charge in [0.15, 0.2) is 0 Å². The topological polar surface area (TPSA) is 76.0 Å². The zero-order chi connectivity index (χ0) is 24.0. The molecule has 4 heterocycles. The number of fused-ring (bicyclic) bond motifs is 4. The van der Waals surface area contributed by atoms with Crippen molar-refractivity contribution in [3.63, 3.8) is 0 Å². The fourth-order valence-electron chi connectivity index (χ4n) is 6.72. The maximum Gasteiger partial charge on any atom is 0.513 e. The van der Waals surface area contributed by atoms with Crippen LogP contribution in [0, 0.1) is 11.8 Å². The second kappa shape index (κ2) is 9.23. The van der Waals surface area contributed by atoms with Crippen LogP contribution in [-0.2, 0) is 11.2 Å². The molecule has 8 heteroatoms.